The number of phenolic OH excluding ortho intramolecular Hbond substituents is 1. The molecule has 762 valence electrons. The molecule has 150 heavy (non-hydrogen) atoms. The first-order chi connectivity index (χ1) is 72.8. The maximum Gasteiger partial charge on any atom is 0.246 e. The van der Waals surface area contributed by atoms with Crippen LogP contribution in [-0.2, 0) is 36.8 Å². The lowest BCUT2D eigenvalue weighted by Gasteiger charge is -2.40. The van der Waals surface area contributed by atoms with Gasteiger partial charge >= 0.3 is 0 Å². The summed E-state index contributed by atoms with van der Waals surface area (Å²) in [4.78, 5) is 124. The number of benzene rings is 10. The molecule has 23 rings (SSSR count). The number of nitrogens with two attached hydrogens (primary N) is 1. The normalized spacial score (nSPS) is 15.7. The second kappa shape index (κ2) is 45.4. The summed E-state index contributed by atoms with van der Waals surface area (Å²) in [5, 5.41) is 21.4. The quantitative estimate of drug-likeness (QED) is 0.0849. The highest BCUT2D eigenvalue weighted by Gasteiger charge is 2.34. The number of nitrogen functional groups attached to an aromatic ring is 1. The van der Waals surface area contributed by atoms with Crippen molar-refractivity contribution in [2.75, 3.05) is 155 Å². The van der Waals surface area contributed by atoms with Gasteiger partial charge in [0.2, 0.25) is 29.5 Å². The minimum absolute atomic E-state index is 0.0222. The van der Waals surface area contributed by atoms with E-state index < -0.39 is 0 Å². The molecule has 3 N–H and O–H groups in total. The van der Waals surface area contributed by atoms with Gasteiger partial charge in [-0.3, -0.25) is 24.0 Å². The minimum atomic E-state index is -0.289. The van der Waals surface area contributed by atoms with Gasteiger partial charge in [-0.2, -0.15) is 0 Å². The molecule has 29 nitrogen and oxygen atoms in total. The van der Waals surface area contributed by atoms with Gasteiger partial charge in [0.05, 0.1) is 33.0 Å². The maximum absolute atomic E-state index is 14.7. The van der Waals surface area contributed by atoms with Gasteiger partial charge in [0.15, 0.2) is 11.4 Å². The number of hydrogen-bond acceptors (Lipinski definition) is 24. The number of para-hydroxylation sites is 1. The van der Waals surface area contributed by atoms with Crippen LogP contribution < -0.4 is 30.2 Å². The molecule has 1 saturated carbocycles. The Balaban J connectivity index is 0.000000118. The summed E-state index contributed by atoms with van der Waals surface area (Å²) in [6, 6.07) is 50.6. The molecule has 6 fully saturated rings. The molecule has 0 radical (unpaired) electrons. The molecule has 7 aliphatic rings. The second-order valence-corrected chi connectivity index (χ2v) is 39.2. The zero-order valence-electron chi connectivity index (χ0n) is 82.9. The Hall–Kier alpha value is -16.0. The Kier molecular flexibility index (Phi) is 31.1. The van der Waals surface area contributed by atoms with Crippen LogP contribution in [0.4, 0.5) is 43.7 Å². The van der Waals surface area contributed by atoms with Crippen molar-refractivity contribution in [3.63, 3.8) is 0 Å². The number of amides is 5. The summed E-state index contributed by atoms with van der Waals surface area (Å²) >= 11 is 26.8. The summed E-state index contributed by atoms with van der Waals surface area (Å²) in [7, 11) is 0. The predicted molar refractivity (Wildman–Crippen MR) is 591 cm³/mol. The van der Waals surface area contributed by atoms with E-state index in [9.17, 15) is 37.9 Å². The van der Waals surface area contributed by atoms with E-state index in [-0.39, 0.29) is 53.0 Å². The first-order valence-electron chi connectivity index (χ1n) is 49.8. The Morgan fingerprint density at radius 2 is 0.747 bits per heavy atom. The van der Waals surface area contributed by atoms with Gasteiger partial charge in [-0.15, -0.1) is 0 Å². The van der Waals surface area contributed by atoms with Crippen LogP contribution >= 0.6 is 46.4 Å². The van der Waals surface area contributed by atoms with Gasteiger partial charge in [0.1, 0.15) is 78.1 Å². The molecule has 10 aromatic carbocycles. The smallest absolute Gasteiger partial charge is 0.246 e. The predicted octanol–water partition coefficient (Wildman–Crippen LogP) is 20.4. The van der Waals surface area contributed by atoms with Crippen molar-refractivity contribution in [3.8, 4) is 61.4 Å². The second-order valence-electron chi connectivity index (χ2n) is 37.6. The summed E-state index contributed by atoms with van der Waals surface area (Å²) in [5.41, 5.74) is 23.3. The molecule has 11 heterocycles. The number of fused-ring (bicyclic) bond motifs is 7. The monoisotopic (exact) mass is 2090 g/mol. The molecule has 5 amide bonds. The van der Waals surface area contributed by atoms with E-state index in [0.29, 0.717) is 171 Å². The number of aryl methyl sites for hydroxylation is 2. The van der Waals surface area contributed by atoms with Gasteiger partial charge in [-0.05, 0) is 219 Å². The fraction of sp³-hybridized carbons (Fsp3) is 0.252. The summed E-state index contributed by atoms with van der Waals surface area (Å²) in [6.45, 7) is 34.2. The number of aromatic hydroxyl groups is 1. The van der Waals surface area contributed by atoms with Crippen LogP contribution in [0.25, 0.3) is 121 Å². The number of halogens is 6. The number of carbonyl (C=O) groups is 5. The van der Waals surface area contributed by atoms with Crippen molar-refractivity contribution >= 4 is 176 Å². The number of rotatable bonds is 16. The van der Waals surface area contributed by atoms with Crippen molar-refractivity contribution in [1.29, 1.82) is 0 Å². The molecular weight excluding hydrogens is 1980 g/mol. The van der Waals surface area contributed by atoms with E-state index in [2.05, 4.69) is 137 Å². The SMILES string of the molecule is C=CC(=O)N1CCN(c2ncnc3cc(-c4cc(C5CC5)ccc4F)c(Cl)cc23)CC1.C=CC(=O)N1CCN(c2ncnc3cc(-c4cccc5c4CCCC5)c(Cl)cc23)CC1.C=CC(=O)N1CCN(c2ncnc3cc(-c4cccc5onc(N)c45)c(Cl)cc23)CC1.C=CC(=O)N1CCN(c2ncnc3cc(-c4ccccc4F)c(C)cc23)CC1.C=CC(=O)N1CCN(c2ncnc3cc(-c4ccccc4O)c(Cl)cc23)CC1C. The third kappa shape index (κ3) is 21.7. The van der Waals surface area contributed by atoms with E-state index >= 15 is 0 Å². The zero-order valence-corrected chi connectivity index (χ0v) is 85.9. The number of anilines is 6. The molecule has 1 unspecified atom stereocenters. The molecule has 6 aromatic heterocycles. The third-order valence-electron chi connectivity index (χ3n) is 28.6. The Labute approximate surface area is 885 Å². The number of aromatic nitrogens is 11. The lowest BCUT2D eigenvalue weighted by Crippen LogP contribution is -2.54. The summed E-state index contributed by atoms with van der Waals surface area (Å²) < 4.78 is 34.2. The van der Waals surface area contributed by atoms with E-state index in [4.69, 9.17) is 56.7 Å². The molecule has 16 aromatic rings. The van der Waals surface area contributed by atoms with E-state index in [0.717, 1.165) is 166 Å². The van der Waals surface area contributed by atoms with Crippen molar-refractivity contribution in [1.82, 2.24) is 79.5 Å². The van der Waals surface area contributed by atoms with Gasteiger partial charge in [0.25, 0.3) is 0 Å². The van der Waals surface area contributed by atoms with Crippen LogP contribution in [0.3, 0.4) is 0 Å². The number of phenols is 1. The van der Waals surface area contributed by atoms with Crippen LogP contribution in [0, 0.1) is 18.6 Å². The standard InChI is InChI=1S/C25H25ClN4O.C24H22ClFN4O.C22H19ClN6O2.C22H21ClN4O2.C22H21FN4O/c1-2-24(31)29-10-12-30(13-11-29)25-21-14-22(26)20(15-23(21)27-16-28-25)19-9-5-7-17-6-3-4-8-18(17)19;1-2-23(31)29-7-9-30(10-8-29)24-19-12-20(25)17(13-22(19)27-14-28-24)18-11-16(15-3-4-15)5-6-21(18)26;1-2-19(30)28-6-8-29(9-7-28)22-15-10-16(23)14(11-17(15)25-12-26-22)13-4-3-5-18-20(13)21(24)27-31-18;1-3-21(29)27-9-8-26(12-14(27)2)22-17-10-18(23)16(11-19(17)24-13-25-22)15-6-4-5-7-20(15)28;1-3-21(28)26-8-10-27(11-9-26)22-18-12-15(2)17(13-20(18)24-14-25-22)16-6-4-5-7-19(16)23/h2,5,7,9,14-16H,1,3-4,6,8,10-13H2;2,5-6,11-15H,1,3-4,7-10H2;2-5,10-12H,1,6-9H2,(H2,24,27);3-7,10-11,13-14,28H,1,8-9,12H2,2H3;3-7,12-14H,1,8-11H2,2H3. The number of carbonyl (C=O) groups excluding carboxylic acids is 5. The van der Waals surface area contributed by atoms with E-state index in [1.807, 2.05) is 127 Å². The van der Waals surface area contributed by atoms with Crippen LogP contribution in [0.2, 0.25) is 20.1 Å². The maximum atomic E-state index is 14.7. The first kappa shape index (κ1) is 103. The third-order valence-corrected chi connectivity index (χ3v) is 29.9. The van der Waals surface area contributed by atoms with E-state index in [1.165, 1.54) is 84.7 Å². The lowest BCUT2D eigenvalue weighted by molar-refractivity contribution is -0.128. The number of piperazine rings is 5. The number of hydrogen-bond donors (Lipinski definition) is 2. The van der Waals surface area contributed by atoms with E-state index in [1.54, 1.807) is 57.9 Å². The van der Waals surface area contributed by atoms with Crippen LogP contribution in [-0.4, -0.2) is 245 Å². The van der Waals surface area contributed by atoms with Gasteiger partial charge < -0.3 is 64.4 Å². The molecule has 5 saturated heterocycles. The topological polar surface area (TPSA) is 319 Å². The van der Waals surface area contributed by atoms with Crippen molar-refractivity contribution in [2.45, 2.75) is 64.3 Å². The summed E-state index contributed by atoms with van der Waals surface area (Å²) in [5.74, 6) is 4.32. The summed E-state index contributed by atoms with van der Waals surface area (Å²) in [6.07, 6.45) is 21.6. The average molecular weight is 2090 g/mol. The van der Waals surface area contributed by atoms with Crippen LogP contribution in [0.5, 0.6) is 5.75 Å². The Morgan fingerprint density at radius 1 is 0.380 bits per heavy atom. The molecule has 1 atom stereocenters. The highest BCUT2D eigenvalue weighted by molar-refractivity contribution is 6.36. The minimum Gasteiger partial charge on any atom is -0.507 e. The van der Waals surface area contributed by atoms with Crippen LogP contribution in [0.15, 0.2) is 263 Å². The largest absolute Gasteiger partial charge is 0.507 e. The Morgan fingerprint density at radius 3 is 1.18 bits per heavy atom. The molecule has 0 spiro atoms. The van der Waals surface area contributed by atoms with Crippen molar-refractivity contribution in [2.24, 2.45) is 0 Å². The van der Waals surface area contributed by atoms with Gasteiger partial charge in [0, 0.05) is 216 Å². The fourth-order valence-corrected chi connectivity index (χ4v) is 21.6. The Bertz CT molecular complexity index is 7980. The molecule has 35 heteroatoms. The van der Waals surface area contributed by atoms with Gasteiger partial charge in [-0.25, -0.2) is 58.6 Å². The van der Waals surface area contributed by atoms with Crippen LogP contribution in [0.1, 0.15) is 60.8 Å². The van der Waals surface area contributed by atoms with Crippen molar-refractivity contribution in [3.05, 3.63) is 313 Å². The molecule has 5 aliphatic heterocycles. The highest BCUT2D eigenvalue weighted by atomic mass is 35.5. The first-order valence-corrected chi connectivity index (χ1v) is 51.3. The van der Waals surface area contributed by atoms with Gasteiger partial charge in [-0.1, -0.05) is 157 Å². The number of nitrogens with zero attached hydrogens (tertiary/aromatic N) is 21. The zero-order chi connectivity index (χ0) is 105. The lowest BCUT2D eigenvalue weighted by atomic mass is 9.86. The fourth-order valence-electron chi connectivity index (χ4n) is 20.6. The average Bonchev–Trinajstić information content (AvgIpc) is 1.54. The molecular formula is C115H108Cl4F2N22O7. The molecule has 0 bridgehead atoms. The molecule has 2 aliphatic carbocycles. The van der Waals surface area contributed by atoms with Crippen molar-refractivity contribution < 1.29 is 42.4 Å². The highest BCUT2D eigenvalue weighted by Crippen LogP contribution is 2.47.